The molecular formula is C17H32N4O4. The van der Waals surface area contributed by atoms with Gasteiger partial charge in [0.1, 0.15) is 6.54 Å². The number of carbonyl (C=O) groups is 1. The van der Waals surface area contributed by atoms with Gasteiger partial charge >= 0.3 is 0 Å². The number of hydrogen-bond acceptors (Lipinski definition) is 5. The smallest absolute Gasteiger partial charge is 0.243 e. The van der Waals surface area contributed by atoms with Gasteiger partial charge in [0, 0.05) is 52.9 Å². The third-order valence-electron chi connectivity index (χ3n) is 4.31. The van der Waals surface area contributed by atoms with E-state index in [2.05, 4.69) is 15.6 Å². The van der Waals surface area contributed by atoms with Gasteiger partial charge in [-0.2, -0.15) is 0 Å². The SMILES string of the molecule is CN(C)C(=O)CN=C(NCCCOC1CCOC1)NCC1CCOC1. The molecule has 144 valence electrons. The molecule has 0 spiro atoms. The fraction of sp³-hybridized carbons (Fsp3) is 0.882. The van der Waals surface area contributed by atoms with E-state index in [1.807, 2.05) is 0 Å². The van der Waals surface area contributed by atoms with Crippen LogP contribution in [0.4, 0.5) is 0 Å². The second-order valence-corrected chi connectivity index (χ2v) is 6.70. The number of rotatable bonds is 9. The minimum absolute atomic E-state index is 0.0186. The van der Waals surface area contributed by atoms with E-state index in [0.29, 0.717) is 25.1 Å². The molecule has 2 atom stereocenters. The van der Waals surface area contributed by atoms with Gasteiger partial charge in [-0.15, -0.1) is 0 Å². The summed E-state index contributed by atoms with van der Waals surface area (Å²) in [7, 11) is 3.47. The van der Waals surface area contributed by atoms with Crippen LogP contribution in [0.15, 0.2) is 4.99 Å². The van der Waals surface area contributed by atoms with E-state index in [-0.39, 0.29) is 18.6 Å². The van der Waals surface area contributed by atoms with Crippen molar-refractivity contribution in [1.29, 1.82) is 0 Å². The first-order chi connectivity index (χ1) is 12.1. The van der Waals surface area contributed by atoms with Crippen molar-refractivity contribution in [3.63, 3.8) is 0 Å². The molecule has 0 radical (unpaired) electrons. The molecule has 0 aliphatic carbocycles. The second-order valence-electron chi connectivity index (χ2n) is 6.70. The number of guanidine groups is 1. The van der Waals surface area contributed by atoms with Crippen LogP contribution in [0, 0.1) is 5.92 Å². The van der Waals surface area contributed by atoms with Crippen molar-refractivity contribution in [3.8, 4) is 0 Å². The van der Waals surface area contributed by atoms with Crippen LogP contribution < -0.4 is 10.6 Å². The highest BCUT2D eigenvalue weighted by Gasteiger charge is 2.17. The lowest BCUT2D eigenvalue weighted by Gasteiger charge is -2.16. The monoisotopic (exact) mass is 356 g/mol. The van der Waals surface area contributed by atoms with E-state index in [9.17, 15) is 4.79 Å². The molecule has 2 rings (SSSR count). The van der Waals surface area contributed by atoms with E-state index in [1.54, 1.807) is 19.0 Å². The minimum Gasteiger partial charge on any atom is -0.381 e. The Labute approximate surface area is 150 Å². The Hall–Kier alpha value is -1.38. The van der Waals surface area contributed by atoms with Crippen LogP contribution in [0.2, 0.25) is 0 Å². The topological polar surface area (TPSA) is 84.4 Å². The van der Waals surface area contributed by atoms with Crippen LogP contribution in [0.5, 0.6) is 0 Å². The van der Waals surface area contributed by atoms with Gasteiger partial charge in [-0.1, -0.05) is 0 Å². The standard InChI is InChI=1S/C17H32N4O4/c1-21(2)16(22)11-20-17(19-10-14-4-8-23-12-14)18-6-3-7-25-15-5-9-24-13-15/h14-15H,3-13H2,1-2H3,(H2,18,19,20). The fourth-order valence-corrected chi connectivity index (χ4v) is 2.62. The Morgan fingerprint density at radius 3 is 2.68 bits per heavy atom. The van der Waals surface area contributed by atoms with Crippen molar-refractivity contribution in [1.82, 2.24) is 15.5 Å². The van der Waals surface area contributed by atoms with Crippen molar-refractivity contribution >= 4 is 11.9 Å². The van der Waals surface area contributed by atoms with Crippen LogP contribution in [0.25, 0.3) is 0 Å². The molecule has 2 aliphatic heterocycles. The number of likely N-dealkylation sites (N-methyl/N-ethyl adjacent to an activating group) is 1. The minimum atomic E-state index is -0.0186. The molecular weight excluding hydrogens is 324 g/mol. The summed E-state index contributed by atoms with van der Waals surface area (Å²) in [6, 6.07) is 0. The molecule has 1 amide bonds. The molecule has 2 N–H and O–H groups in total. The van der Waals surface area contributed by atoms with Crippen molar-refractivity contribution in [3.05, 3.63) is 0 Å². The number of ether oxygens (including phenoxy) is 3. The van der Waals surface area contributed by atoms with E-state index < -0.39 is 0 Å². The molecule has 0 aromatic heterocycles. The predicted molar refractivity (Wildman–Crippen MR) is 95.7 cm³/mol. The summed E-state index contributed by atoms with van der Waals surface area (Å²) in [5.41, 5.74) is 0. The Morgan fingerprint density at radius 2 is 2.00 bits per heavy atom. The molecule has 0 aromatic rings. The van der Waals surface area contributed by atoms with Crippen LogP contribution in [0.3, 0.4) is 0 Å². The molecule has 2 saturated heterocycles. The molecule has 2 aliphatic rings. The lowest BCUT2D eigenvalue weighted by atomic mass is 10.1. The first-order valence-electron chi connectivity index (χ1n) is 9.14. The highest BCUT2D eigenvalue weighted by Crippen LogP contribution is 2.10. The number of aliphatic imine (C=N–C) groups is 1. The van der Waals surface area contributed by atoms with E-state index in [4.69, 9.17) is 14.2 Å². The van der Waals surface area contributed by atoms with Crippen LogP contribution in [-0.4, -0.2) is 89.6 Å². The molecule has 2 fully saturated rings. The van der Waals surface area contributed by atoms with Crippen LogP contribution in [-0.2, 0) is 19.0 Å². The van der Waals surface area contributed by atoms with Crippen LogP contribution in [0.1, 0.15) is 19.3 Å². The van der Waals surface area contributed by atoms with Gasteiger partial charge in [-0.3, -0.25) is 4.79 Å². The van der Waals surface area contributed by atoms with Gasteiger partial charge in [0.15, 0.2) is 5.96 Å². The molecule has 0 bridgehead atoms. The van der Waals surface area contributed by atoms with Crippen LogP contribution >= 0.6 is 0 Å². The highest BCUT2D eigenvalue weighted by molar-refractivity contribution is 5.84. The number of nitrogens with zero attached hydrogens (tertiary/aromatic N) is 2. The Balaban J connectivity index is 1.68. The lowest BCUT2D eigenvalue weighted by Crippen LogP contribution is -2.41. The normalized spacial score (nSPS) is 23.7. The van der Waals surface area contributed by atoms with E-state index in [0.717, 1.165) is 52.2 Å². The first-order valence-corrected chi connectivity index (χ1v) is 9.14. The first kappa shape index (κ1) is 19.9. The van der Waals surface area contributed by atoms with Gasteiger partial charge in [-0.05, 0) is 19.3 Å². The average molecular weight is 356 g/mol. The third-order valence-corrected chi connectivity index (χ3v) is 4.31. The van der Waals surface area contributed by atoms with Crippen molar-refractivity contribution in [2.24, 2.45) is 10.9 Å². The van der Waals surface area contributed by atoms with Gasteiger partial charge in [0.2, 0.25) is 5.91 Å². The van der Waals surface area contributed by atoms with Gasteiger partial charge in [0.25, 0.3) is 0 Å². The van der Waals surface area contributed by atoms with Crippen molar-refractivity contribution in [2.45, 2.75) is 25.4 Å². The molecule has 0 saturated carbocycles. The summed E-state index contributed by atoms with van der Waals surface area (Å²) in [5, 5.41) is 6.59. The Kier molecular flexibility index (Phi) is 8.99. The average Bonchev–Trinajstić information content (AvgIpc) is 3.29. The molecule has 25 heavy (non-hydrogen) atoms. The second kappa shape index (κ2) is 11.3. The fourth-order valence-electron chi connectivity index (χ4n) is 2.62. The number of hydrogen-bond donors (Lipinski definition) is 2. The summed E-state index contributed by atoms with van der Waals surface area (Å²) in [5.74, 6) is 1.16. The summed E-state index contributed by atoms with van der Waals surface area (Å²) in [6.07, 6.45) is 3.17. The summed E-state index contributed by atoms with van der Waals surface area (Å²) < 4.78 is 16.4. The predicted octanol–water partition coefficient (Wildman–Crippen LogP) is -0.158. The van der Waals surface area contributed by atoms with Gasteiger partial charge < -0.3 is 29.7 Å². The maximum absolute atomic E-state index is 11.7. The van der Waals surface area contributed by atoms with Crippen molar-refractivity contribution in [2.75, 3.05) is 66.8 Å². The van der Waals surface area contributed by atoms with Gasteiger partial charge in [-0.25, -0.2) is 4.99 Å². The maximum Gasteiger partial charge on any atom is 0.243 e. The molecule has 2 unspecified atom stereocenters. The molecule has 8 heteroatoms. The Bertz CT molecular complexity index is 419. The lowest BCUT2D eigenvalue weighted by molar-refractivity contribution is -0.127. The zero-order valence-electron chi connectivity index (χ0n) is 15.5. The zero-order chi connectivity index (χ0) is 17.9. The quantitative estimate of drug-likeness (QED) is 0.339. The summed E-state index contributed by atoms with van der Waals surface area (Å²) in [6.45, 7) is 5.50. The highest BCUT2D eigenvalue weighted by atomic mass is 16.5. The largest absolute Gasteiger partial charge is 0.381 e. The molecule has 8 nitrogen and oxygen atoms in total. The maximum atomic E-state index is 11.7. The number of carbonyl (C=O) groups excluding carboxylic acids is 1. The number of amides is 1. The number of nitrogens with one attached hydrogen (secondary N) is 2. The van der Waals surface area contributed by atoms with E-state index >= 15 is 0 Å². The summed E-state index contributed by atoms with van der Waals surface area (Å²) >= 11 is 0. The summed E-state index contributed by atoms with van der Waals surface area (Å²) in [4.78, 5) is 17.7. The third kappa shape index (κ3) is 8.02. The molecule has 2 heterocycles. The zero-order valence-corrected chi connectivity index (χ0v) is 15.5. The van der Waals surface area contributed by atoms with Crippen molar-refractivity contribution < 1.29 is 19.0 Å². The van der Waals surface area contributed by atoms with E-state index in [1.165, 1.54) is 0 Å². The Morgan fingerprint density at radius 1 is 1.20 bits per heavy atom. The molecule has 0 aromatic carbocycles. The van der Waals surface area contributed by atoms with Gasteiger partial charge in [0.05, 0.1) is 19.3 Å².